The number of nitrogens with zero attached hydrogens (tertiary/aromatic N) is 2. The number of nitrogens with one attached hydrogen (secondary N) is 1. The van der Waals surface area contributed by atoms with Gasteiger partial charge in [0.05, 0.1) is 22.7 Å². The molecule has 2 amide bonds. The van der Waals surface area contributed by atoms with Gasteiger partial charge < -0.3 is 0 Å². The Morgan fingerprint density at radius 1 is 1.03 bits per heavy atom. The maximum Gasteiger partial charge on any atom is 0.280 e. The number of amides is 2. The first-order chi connectivity index (χ1) is 14.7. The van der Waals surface area contributed by atoms with E-state index in [2.05, 4.69) is 9.71 Å². The molecule has 4 rings (SSSR count). The van der Waals surface area contributed by atoms with Crippen LogP contribution in [0.3, 0.4) is 0 Å². The molecule has 31 heavy (non-hydrogen) atoms. The van der Waals surface area contributed by atoms with Gasteiger partial charge in [-0.1, -0.05) is 12.1 Å². The van der Waals surface area contributed by atoms with E-state index >= 15 is 0 Å². The lowest BCUT2D eigenvalue weighted by atomic mass is 10.2. The summed E-state index contributed by atoms with van der Waals surface area (Å²) in [5.74, 6) is -2.75. The van der Waals surface area contributed by atoms with Gasteiger partial charge in [-0.2, -0.15) is 0 Å². The minimum absolute atomic E-state index is 0.0102. The number of carbonyl (C=O) groups excluding carboxylic acids is 2. The average Bonchev–Trinajstić information content (AvgIpc) is 2.97. The summed E-state index contributed by atoms with van der Waals surface area (Å²) in [6, 6.07) is 9.69. The predicted octanol–water partition coefficient (Wildman–Crippen LogP) is 3.27. The third kappa shape index (κ3) is 3.77. The number of pyridine rings is 1. The monoisotopic (exact) mass is 443 g/mol. The Bertz CT molecular complexity index is 1310. The summed E-state index contributed by atoms with van der Waals surface area (Å²) in [5.41, 5.74) is 0.354. The van der Waals surface area contributed by atoms with E-state index in [1.165, 1.54) is 43.5 Å². The zero-order valence-corrected chi connectivity index (χ0v) is 16.9. The van der Waals surface area contributed by atoms with Crippen molar-refractivity contribution >= 4 is 27.5 Å². The quantitative estimate of drug-likeness (QED) is 0.611. The summed E-state index contributed by atoms with van der Waals surface area (Å²) in [6.45, 7) is 1.11. The first-order valence-corrected chi connectivity index (χ1v) is 10.5. The molecule has 0 saturated carbocycles. The highest BCUT2D eigenvalue weighted by atomic mass is 32.2. The molecule has 0 atom stereocenters. The Morgan fingerprint density at radius 3 is 2.52 bits per heavy atom. The molecule has 2 heterocycles. The van der Waals surface area contributed by atoms with Crippen LogP contribution in [0.2, 0.25) is 0 Å². The summed E-state index contributed by atoms with van der Waals surface area (Å²) in [5, 5.41) is 0. The van der Waals surface area contributed by atoms with Crippen LogP contribution in [0.5, 0.6) is 0 Å². The number of carbonyl (C=O) groups is 2. The molecule has 0 aliphatic carbocycles. The van der Waals surface area contributed by atoms with Crippen molar-refractivity contribution in [1.82, 2.24) is 9.88 Å². The van der Waals surface area contributed by atoms with Crippen molar-refractivity contribution in [3.63, 3.8) is 0 Å². The van der Waals surface area contributed by atoms with E-state index < -0.39 is 44.9 Å². The Morgan fingerprint density at radius 2 is 1.81 bits per heavy atom. The Balaban J connectivity index is 1.69. The van der Waals surface area contributed by atoms with Gasteiger partial charge in [-0.15, -0.1) is 0 Å². The number of halogens is 2. The molecular weight excluding hydrogens is 428 g/mol. The van der Waals surface area contributed by atoms with Gasteiger partial charge in [-0.05, 0) is 54.4 Å². The van der Waals surface area contributed by atoms with Crippen LogP contribution in [0.15, 0.2) is 59.6 Å². The summed E-state index contributed by atoms with van der Waals surface area (Å²) in [7, 11) is -4.36. The Hall–Kier alpha value is -3.66. The molecule has 158 valence electrons. The second kappa shape index (κ2) is 7.55. The number of rotatable bonds is 5. The number of hydrogen-bond donors (Lipinski definition) is 1. The number of aryl methyl sites for hydroxylation is 1. The van der Waals surface area contributed by atoms with Gasteiger partial charge in [0.1, 0.15) is 17.3 Å². The number of benzene rings is 2. The van der Waals surface area contributed by atoms with Crippen LogP contribution in [-0.2, 0) is 16.6 Å². The molecule has 0 spiro atoms. The fraction of sp³-hybridized carbons (Fsp3) is 0.0952. The van der Waals surface area contributed by atoms with E-state index in [-0.39, 0.29) is 22.5 Å². The lowest BCUT2D eigenvalue weighted by Gasteiger charge is -2.17. The lowest BCUT2D eigenvalue weighted by Crippen LogP contribution is -2.30. The molecule has 1 aromatic heterocycles. The third-order valence-electron chi connectivity index (χ3n) is 4.80. The van der Waals surface area contributed by atoms with Gasteiger partial charge in [-0.3, -0.25) is 24.2 Å². The van der Waals surface area contributed by atoms with Crippen LogP contribution in [0.1, 0.15) is 32.0 Å². The predicted molar refractivity (Wildman–Crippen MR) is 107 cm³/mol. The zero-order chi connectivity index (χ0) is 22.3. The number of fused-ring (bicyclic) bond motifs is 1. The fourth-order valence-corrected chi connectivity index (χ4v) is 4.50. The normalized spacial score (nSPS) is 13.5. The van der Waals surface area contributed by atoms with Crippen LogP contribution in [0.25, 0.3) is 0 Å². The van der Waals surface area contributed by atoms with E-state index in [1.807, 2.05) is 0 Å². The summed E-state index contributed by atoms with van der Waals surface area (Å²) >= 11 is 0. The number of sulfonamides is 1. The molecule has 0 fully saturated rings. The first-order valence-electron chi connectivity index (χ1n) is 9.06. The van der Waals surface area contributed by atoms with Crippen molar-refractivity contribution in [3.05, 3.63) is 88.7 Å². The number of anilines is 1. The highest BCUT2D eigenvalue weighted by Crippen LogP contribution is 2.27. The van der Waals surface area contributed by atoms with Gasteiger partial charge in [0.2, 0.25) is 0 Å². The van der Waals surface area contributed by atoms with Crippen molar-refractivity contribution in [2.75, 3.05) is 4.72 Å². The molecule has 10 heteroatoms. The molecule has 2 aromatic carbocycles. The maximum absolute atomic E-state index is 13.9. The molecule has 1 N–H and O–H groups in total. The van der Waals surface area contributed by atoms with Crippen molar-refractivity contribution < 1.29 is 26.8 Å². The van der Waals surface area contributed by atoms with Gasteiger partial charge in [0, 0.05) is 6.20 Å². The molecular formula is C21H15F2N3O4S. The van der Waals surface area contributed by atoms with Crippen LogP contribution in [0.4, 0.5) is 14.5 Å². The standard InChI is InChI=1S/C21H15F2N3O4S/c1-12-4-7-15(10-17(12)23)25-31(29,30)18-9-14(22)6-5-13(18)11-26-20(27)16-3-2-8-24-19(16)21(26)28/h2-10,25H,11H2,1H3. The van der Waals surface area contributed by atoms with Crippen molar-refractivity contribution in [2.45, 2.75) is 18.4 Å². The Labute approximate surface area is 176 Å². The van der Waals surface area contributed by atoms with Crippen molar-refractivity contribution in [1.29, 1.82) is 0 Å². The van der Waals surface area contributed by atoms with E-state index in [0.29, 0.717) is 5.56 Å². The highest BCUT2D eigenvalue weighted by Gasteiger charge is 2.37. The lowest BCUT2D eigenvalue weighted by molar-refractivity contribution is 0.0639. The van der Waals surface area contributed by atoms with Gasteiger partial charge in [0.15, 0.2) is 0 Å². The molecule has 1 aliphatic rings. The molecule has 0 radical (unpaired) electrons. The van der Waals surface area contributed by atoms with Crippen LogP contribution in [-0.4, -0.2) is 30.1 Å². The second-order valence-electron chi connectivity index (χ2n) is 6.92. The SMILES string of the molecule is Cc1ccc(NS(=O)(=O)c2cc(F)ccc2CN2C(=O)c3cccnc3C2=O)cc1F. The molecule has 1 aliphatic heterocycles. The minimum Gasteiger partial charge on any atom is -0.280 e. The molecule has 0 saturated heterocycles. The van der Waals surface area contributed by atoms with Gasteiger partial charge in [-0.25, -0.2) is 17.2 Å². The van der Waals surface area contributed by atoms with E-state index in [1.54, 1.807) is 0 Å². The van der Waals surface area contributed by atoms with Crippen LogP contribution in [0, 0.1) is 18.6 Å². The highest BCUT2D eigenvalue weighted by molar-refractivity contribution is 7.92. The topological polar surface area (TPSA) is 96.4 Å². The fourth-order valence-electron chi connectivity index (χ4n) is 3.20. The van der Waals surface area contributed by atoms with E-state index in [0.717, 1.165) is 23.1 Å². The smallest absolute Gasteiger partial charge is 0.280 e. The molecule has 7 nitrogen and oxygen atoms in total. The van der Waals surface area contributed by atoms with E-state index in [9.17, 15) is 26.8 Å². The van der Waals surface area contributed by atoms with E-state index in [4.69, 9.17) is 0 Å². The number of imide groups is 1. The van der Waals surface area contributed by atoms with Crippen LogP contribution < -0.4 is 4.72 Å². The maximum atomic E-state index is 13.9. The largest absolute Gasteiger partial charge is 0.280 e. The molecule has 3 aromatic rings. The summed E-state index contributed by atoms with van der Waals surface area (Å²) in [6.07, 6.45) is 1.37. The molecule has 0 bridgehead atoms. The average molecular weight is 443 g/mol. The van der Waals surface area contributed by atoms with Crippen LogP contribution >= 0.6 is 0 Å². The minimum atomic E-state index is -4.36. The molecule has 0 unspecified atom stereocenters. The second-order valence-corrected chi connectivity index (χ2v) is 8.57. The Kier molecular flexibility index (Phi) is 5.02. The summed E-state index contributed by atoms with van der Waals surface area (Å²) in [4.78, 5) is 29.4. The number of hydrogen-bond acceptors (Lipinski definition) is 5. The van der Waals surface area contributed by atoms with Crippen molar-refractivity contribution in [3.8, 4) is 0 Å². The zero-order valence-electron chi connectivity index (χ0n) is 16.1. The van der Waals surface area contributed by atoms with Crippen molar-refractivity contribution in [2.24, 2.45) is 0 Å². The van der Waals surface area contributed by atoms with Gasteiger partial charge in [0.25, 0.3) is 21.8 Å². The van der Waals surface area contributed by atoms with Gasteiger partial charge >= 0.3 is 0 Å². The first kappa shape index (κ1) is 20.6. The summed E-state index contributed by atoms with van der Waals surface area (Å²) < 4.78 is 55.8. The number of aromatic nitrogens is 1. The third-order valence-corrected chi connectivity index (χ3v) is 6.27.